The molecule has 0 saturated carbocycles. The zero-order valence-electron chi connectivity index (χ0n) is 19.2. The van der Waals surface area contributed by atoms with Crippen LogP contribution in [0.5, 0.6) is 0 Å². The predicted octanol–water partition coefficient (Wildman–Crippen LogP) is -3.03. The Bertz CT molecular complexity index is 677. The molecule has 0 heterocycles. The Balaban J connectivity index is 5.46. The van der Waals surface area contributed by atoms with E-state index in [9.17, 15) is 29.1 Å². The zero-order chi connectivity index (χ0) is 26.1. The molecule has 14 heteroatoms. The molecule has 12 N–H and O–H groups in total. The normalized spacial score (nSPS) is 14.4. The van der Waals surface area contributed by atoms with Crippen molar-refractivity contribution in [3.05, 3.63) is 0 Å². The molecule has 4 atom stereocenters. The van der Waals surface area contributed by atoms with E-state index in [0.29, 0.717) is 38.8 Å². The van der Waals surface area contributed by atoms with Gasteiger partial charge in [-0.3, -0.25) is 19.2 Å². The number of nitrogens with one attached hydrogen (secondary N) is 3. The summed E-state index contributed by atoms with van der Waals surface area (Å²) in [5.41, 5.74) is 16.5. The highest BCUT2D eigenvalue weighted by Crippen LogP contribution is 2.07. The van der Waals surface area contributed by atoms with Gasteiger partial charge in [0.2, 0.25) is 17.7 Å². The molecular weight excluding hydrogens is 452 g/mol. The summed E-state index contributed by atoms with van der Waals surface area (Å²) in [6, 6.07) is -4.91. The fourth-order valence-corrected chi connectivity index (χ4v) is 2.95. The van der Waals surface area contributed by atoms with Crippen LogP contribution in [0.2, 0.25) is 0 Å². The first-order valence-corrected chi connectivity index (χ1v) is 11.2. The number of carbonyl (C=O) groups is 5. The molecule has 4 unspecified atom stereocenters. The quantitative estimate of drug-likeness (QED) is 0.0822. The summed E-state index contributed by atoms with van der Waals surface area (Å²) in [6.45, 7) is 0.0883. The third-order valence-electron chi connectivity index (χ3n) is 4.95. The number of unbranched alkanes of at least 4 members (excludes halogenated alkanes) is 2. The van der Waals surface area contributed by atoms with Crippen molar-refractivity contribution in [2.75, 3.05) is 19.7 Å². The Morgan fingerprint density at radius 3 is 1.50 bits per heavy atom. The van der Waals surface area contributed by atoms with Crippen molar-refractivity contribution in [2.45, 2.75) is 75.5 Å². The van der Waals surface area contributed by atoms with Crippen LogP contribution in [0, 0.1) is 0 Å². The third-order valence-corrected chi connectivity index (χ3v) is 4.95. The Morgan fingerprint density at radius 1 is 0.676 bits per heavy atom. The molecule has 0 rings (SSSR count). The van der Waals surface area contributed by atoms with Gasteiger partial charge in [-0.2, -0.15) is 0 Å². The van der Waals surface area contributed by atoms with Crippen molar-refractivity contribution in [1.82, 2.24) is 16.0 Å². The van der Waals surface area contributed by atoms with E-state index in [2.05, 4.69) is 16.0 Å². The van der Waals surface area contributed by atoms with Crippen molar-refractivity contribution in [3.8, 4) is 0 Å². The van der Waals surface area contributed by atoms with E-state index < -0.39 is 66.9 Å². The molecule has 0 bridgehead atoms. The van der Waals surface area contributed by atoms with E-state index in [-0.39, 0.29) is 19.3 Å². The second-order valence-corrected chi connectivity index (χ2v) is 7.81. The number of carboxylic acid groups (broad SMARTS) is 2. The maximum atomic E-state index is 12.9. The van der Waals surface area contributed by atoms with Gasteiger partial charge < -0.3 is 48.5 Å². The van der Waals surface area contributed by atoms with Crippen LogP contribution in [0.15, 0.2) is 0 Å². The highest BCUT2D eigenvalue weighted by molar-refractivity contribution is 5.94. The van der Waals surface area contributed by atoms with Crippen molar-refractivity contribution in [3.63, 3.8) is 0 Å². The molecule has 0 fully saturated rings. The number of nitrogens with two attached hydrogens (primary N) is 3. The van der Waals surface area contributed by atoms with Crippen LogP contribution in [0.1, 0.15) is 51.4 Å². The molecule has 0 aromatic heterocycles. The van der Waals surface area contributed by atoms with Gasteiger partial charge in [-0.15, -0.1) is 0 Å². The number of aliphatic hydroxyl groups is 1. The average Bonchev–Trinajstić information content (AvgIpc) is 2.79. The lowest BCUT2D eigenvalue weighted by molar-refractivity contribution is -0.143. The number of hydrogen-bond donors (Lipinski definition) is 9. The number of carbonyl (C=O) groups excluding carboxylic acids is 3. The highest BCUT2D eigenvalue weighted by Gasteiger charge is 2.30. The summed E-state index contributed by atoms with van der Waals surface area (Å²) < 4.78 is 0. The van der Waals surface area contributed by atoms with Gasteiger partial charge in [0.1, 0.15) is 24.2 Å². The minimum atomic E-state index is -1.46. The second-order valence-electron chi connectivity index (χ2n) is 7.81. The van der Waals surface area contributed by atoms with E-state index in [4.69, 9.17) is 27.4 Å². The van der Waals surface area contributed by atoms with Crippen LogP contribution in [0.4, 0.5) is 0 Å². The minimum absolute atomic E-state index is 0.139. The molecule has 0 aliphatic heterocycles. The zero-order valence-corrected chi connectivity index (χ0v) is 19.2. The van der Waals surface area contributed by atoms with Crippen LogP contribution in [-0.2, 0) is 24.0 Å². The Kier molecular flexibility index (Phi) is 16.2. The average molecular weight is 491 g/mol. The van der Waals surface area contributed by atoms with Gasteiger partial charge in [0.15, 0.2) is 0 Å². The fraction of sp³-hybridized carbons (Fsp3) is 0.750. The molecule has 0 aliphatic rings. The Labute approximate surface area is 198 Å². The Hall–Kier alpha value is -2.81. The topological polar surface area (TPSA) is 260 Å². The summed E-state index contributed by atoms with van der Waals surface area (Å²) in [6.07, 6.45) is 1.59. The molecule has 14 nitrogen and oxygen atoms in total. The lowest BCUT2D eigenvalue weighted by atomic mass is 10.0. The number of hydrogen-bond acceptors (Lipinski definition) is 9. The second kappa shape index (κ2) is 17.6. The highest BCUT2D eigenvalue weighted by atomic mass is 16.4. The molecule has 3 amide bonds. The summed E-state index contributed by atoms with van der Waals surface area (Å²) in [5, 5.41) is 34.4. The summed E-state index contributed by atoms with van der Waals surface area (Å²) >= 11 is 0. The summed E-state index contributed by atoms with van der Waals surface area (Å²) in [7, 11) is 0. The molecule has 0 aliphatic carbocycles. The smallest absolute Gasteiger partial charge is 0.326 e. The molecule has 0 aromatic rings. The third kappa shape index (κ3) is 13.0. The van der Waals surface area contributed by atoms with Crippen molar-refractivity contribution in [1.29, 1.82) is 0 Å². The molecular formula is C20H38N6O8. The maximum absolute atomic E-state index is 12.9. The standard InChI is InChI=1S/C20H38N6O8/c21-9-3-1-5-13(24-17(30)12(23)11-27)18(31)25-14(6-2-4-10-22)19(32)26-15(20(33)34)7-8-16(28)29/h12-15,27H,1-11,21-23H2,(H,24,30)(H,25,31)(H,26,32)(H,28,29)(H,33,34). The molecule has 34 heavy (non-hydrogen) atoms. The van der Waals surface area contributed by atoms with Crippen LogP contribution >= 0.6 is 0 Å². The summed E-state index contributed by atoms with van der Waals surface area (Å²) in [5.74, 6) is -4.88. The fourth-order valence-electron chi connectivity index (χ4n) is 2.95. The lowest BCUT2D eigenvalue weighted by Gasteiger charge is -2.25. The van der Waals surface area contributed by atoms with Crippen LogP contribution < -0.4 is 33.2 Å². The SMILES string of the molecule is NCCCCC(NC(=O)C(N)CO)C(=O)NC(CCCCN)C(=O)NC(CCC(=O)O)C(=O)O. The van der Waals surface area contributed by atoms with E-state index >= 15 is 0 Å². The number of aliphatic carboxylic acids is 2. The Morgan fingerprint density at radius 2 is 1.12 bits per heavy atom. The van der Waals surface area contributed by atoms with E-state index in [1.807, 2.05) is 0 Å². The van der Waals surface area contributed by atoms with Gasteiger partial charge in [0.05, 0.1) is 6.61 Å². The van der Waals surface area contributed by atoms with Gasteiger partial charge >= 0.3 is 11.9 Å². The van der Waals surface area contributed by atoms with Gasteiger partial charge in [0, 0.05) is 6.42 Å². The molecule has 0 aromatic carbocycles. The van der Waals surface area contributed by atoms with Crippen LogP contribution in [0.3, 0.4) is 0 Å². The van der Waals surface area contributed by atoms with Crippen LogP contribution in [-0.4, -0.2) is 88.8 Å². The first-order chi connectivity index (χ1) is 16.1. The number of rotatable bonds is 19. The minimum Gasteiger partial charge on any atom is -0.481 e. The van der Waals surface area contributed by atoms with Gasteiger partial charge in [-0.1, -0.05) is 0 Å². The molecule has 0 radical (unpaired) electrons. The van der Waals surface area contributed by atoms with E-state index in [0.717, 1.165) is 0 Å². The van der Waals surface area contributed by atoms with E-state index in [1.165, 1.54) is 0 Å². The van der Waals surface area contributed by atoms with Gasteiger partial charge in [-0.05, 0) is 58.0 Å². The molecule has 0 saturated heterocycles. The number of amides is 3. The molecule has 0 spiro atoms. The first kappa shape index (κ1) is 31.2. The van der Waals surface area contributed by atoms with Gasteiger partial charge in [-0.25, -0.2) is 4.79 Å². The van der Waals surface area contributed by atoms with Crippen molar-refractivity contribution < 1.29 is 39.3 Å². The largest absolute Gasteiger partial charge is 0.481 e. The molecule has 196 valence electrons. The predicted molar refractivity (Wildman–Crippen MR) is 121 cm³/mol. The lowest BCUT2D eigenvalue weighted by Crippen LogP contribution is -2.57. The van der Waals surface area contributed by atoms with Gasteiger partial charge in [0.25, 0.3) is 0 Å². The van der Waals surface area contributed by atoms with Crippen molar-refractivity contribution in [2.24, 2.45) is 17.2 Å². The van der Waals surface area contributed by atoms with Crippen molar-refractivity contribution >= 4 is 29.7 Å². The van der Waals surface area contributed by atoms with Crippen LogP contribution in [0.25, 0.3) is 0 Å². The number of aliphatic hydroxyl groups excluding tert-OH is 1. The maximum Gasteiger partial charge on any atom is 0.326 e. The monoisotopic (exact) mass is 490 g/mol. The first-order valence-electron chi connectivity index (χ1n) is 11.2. The van der Waals surface area contributed by atoms with E-state index in [1.54, 1.807) is 0 Å². The summed E-state index contributed by atoms with van der Waals surface area (Å²) in [4.78, 5) is 60.0. The number of carboxylic acids is 2.